The monoisotopic (exact) mass is 416 g/mol. The lowest BCUT2D eigenvalue weighted by atomic mass is 9.82. The maximum Gasteiger partial charge on any atom is 0.238 e. The van der Waals surface area contributed by atoms with Gasteiger partial charge in [0.2, 0.25) is 11.8 Å². The average molecular weight is 417 g/mol. The normalized spacial score (nSPS) is 22.2. The topological polar surface area (TPSA) is 74.7 Å². The van der Waals surface area contributed by atoms with Crippen LogP contribution in [0.15, 0.2) is 35.5 Å². The Balaban J connectivity index is 1.48. The molecule has 4 rings (SSSR count). The van der Waals surface area contributed by atoms with Crippen molar-refractivity contribution in [1.82, 2.24) is 4.98 Å². The third kappa shape index (κ3) is 3.69. The molecule has 1 saturated carbocycles. The summed E-state index contributed by atoms with van der Waals surface area (Å²) >= 11 is 7.29. The Hall–Kier alpha value is -2.25. The van der Waals surface area contributed by atoms with E-state index in [0.717, 1.165) is 29.8 Å². The van der Waals surface area contributed by atoms with Crippen LogP contribution in [0.3, 0.4) is 0 Å². The van der Waals surface area contributed by atoms with Crippen LogP contribution in [0.25, 0.3) is 0 Å². The third-order valence-electron chi connectivity index (χ3n) is 5.34. The van der Waals surface area contributed by atoms with Crippen molar-refractivity contribution in [1.29, 1.82) is 0 Å². The number of halogens is 1. The molecule has 2 fully saturated rings. The molecule has 1 aliphatic carbocycles. The first-order chi connectivity index (χ1) is 13.5. The van der Waals surface area contributed by atoms with Crippen LogP contribution < -0.4 is 10.2 Å². The van der Waals surface area contributed by atoms with Gasteiger partial charge in [-0.15, -0.1) is 11.3 Å². The summed E-state index contributed by atoms with van der Waals surface area (Å²) in [4.78, 5) is 36.6. The highest BCUT2D eigenvalue weighted by Gasteiger charge is 2.55. The lowest BCUT2D eigenvalue weighted by Crippen LogP contribution is -2.37. The van der Waals surface area contributed by atoms with E-state index in [4.69, 9.17) is 11.6 Å². The predicted molar refractivity (Wildman–Crippen MR) is 112 cm³/mol. The first-order valence-electron chi connectivity index (χ1n) is 9.27. The summed E-state index contributed by atoms with van der Waals surface area (Å²) in [6.07, 6.45) is 6.63. The van der Waals surface area contributed by atoms with Gasteiger partial charge in [0, 0.05) is 42.6 Å². The first kappa shape index (κ1) is 19.1. The summed E-state index contributed by atoms with van der Waals surface area (Å²) in [5.74, 6) is 0.761. The van der Waals surface area contributed by atoms with E-state index < -0.39 is 5.41 Å². The minimum atomic E-state index is -0.472. The van der Waals surface area contributed by atoms with Gasteiger partial charge >= 0.3 is 0 Å². The molecule has 6 nitrogen and oxygen atoms in total. The van der Waals surface area contributed by atoms with E-state index in [9.17, 15) is 9.59 Å². The van der Waals surface area contributed by atoms with Crippen molar-refractivity contribution in [3.63, 3.8) is 0 Å². The number of carbonyl (C=O) groups excluding carboxylic acids is 2. The maximum absolute atomic E-state index is 13.2. The number of rotatable bonds is 6. The molecule has 146 valence electrons. The third-order valence-corrected chi connectivity index (χ3v) is 6.58. The fourth-order valence-corrected chi connectivity index (χ4v) is 4.97. The van der Waals surface area contributed by atoms with Gasteiger partial charge in [-0.25, -0.2) is 4.98 Å². The zero-order chi connectivity index (χ0) is 19.7. The lowest BCUT2D eigenvalue weighted by Gasteiger charge is -2.24. The number of amides is 2. The molecule has 3 heterocycles. The smallest absolute Gasteiger partial charge is 0.238 e. The van der Waals surface area contributed by atoms with Crippen LogP contribution in [0, 0.1) is 11.3 Å². The first-order valence-corrected chi connectivity index (χ1v) is 10.5. The second-order valence-corrected chi connectivity index (χ2v) is 9.04. The summed E-state index contributed by atoms with van der Waals surface area (Å²) in [6, 6.07) is 7.17. The number of aliphatic imine (C=N–C) groups is 1. The minimum absolute atomic E-state index is 0.0947. The Kier molecular flexibility index (Phi) is 5.21. The van der Waals surface area contributed by atoms with Gasteiger partial charge in [0.25, 0.3) is 0 Å². The van der Waals surface area contributed by atoms with Crippen molar-refractivity contribution in [3.05, 3.63) is 39.7 Å². The van der Waals surface area contributed by atoms with Crippen molar-refractivity contribution < 1.29 is 9.59 Å². The van der Waals surface area contributed by atoms with Gasteiger partial charge in [-0.3, -0.25) is 14.6 Å². The molecule has 2 aliphatic rings. The highest BCUT2D eigenvalue weighted by Crippen LogP contribution is 2.51. The number of nitrogens with zero attached hydrogens (tertiary/aromatic N) is 3. The Morgan fingerprint density at radius 1 is 1.46 bits per heavy atom. The summed E-state index contributed by atoms with van der Waals surface area (Å²) in [5.41, 5.74) is 0.279. The number of nitrogens with one attached hydrogen (secondary N) is 1. The second kappa shape index (κ2) is 7.64. The van der Waals surface area contributed by atoms with Crippen LogP contribution in [-0.2, 0) is 16.0 Å². The van der Waals surface area contributed by atoms with E-state index in [0.29, 0.717) is 22.6 Å². The molecule has 2 aromatic rings. The van der Waals surface area contributed by atoms with Crippen molar-refractivity contribution in [2.75, 3.05) is 23.8 Å². The van der Waals surface area contributed by atoms with Gasteiger partial charge in [0.1, 0.15) is 5.82 Å². The maximum atomic E-state index is 13.2. The lowest BCUT2D eigenvalue weighted by molar-refractivity contribution is -0.123. The van der Waals surface area contributed by atoms with E-state index in [1.807, 2.05) is 12.3 Å². The number of hydrogen-bond donors (Lipinski definition) is 1. The molecule has 1 N–H and O–H groups in total. The Morgan fingerprint density at radius 2 is 2.29 bits per heavy atom. The molecule has 8 heteroatoms. The van der Waals surface area contributed by atoms with Gasteiger partial charge in [-0.2, -0.15) is 0 Å². The molecule has 1 atom stereocenters. The predicted octanol–water partition coefficient (Wildman–Crippen LogP) is 3.81. The standard InChI is InChI=1S/C20H21ClN4O2S/c1-22-12-20(13-2-3-13)7-9-25(19(20)27)14-6-8-23-17(10-14)24-18(26)11-15-4-5-16(21)28-15/h4-6,8,10,12-13H,2-3,7,9,11H2,1H3,(H,23,24,26)/b22-12-/t20-/m1/s1. The zero-order valence-electron chi connectivity index (χ0n) is 15.5. The van der Waals surface area contributed by atoms with Crippen LogP contribution in [-0.4, -0.2) is 36.6 Å². The SMILES string of the molecule is C/N=C\[C@@]1(C2CC2)CCN(c2ccnc(NC(=O)Cc3ccc(Cl)s3)c2)C1=O. The van der Waals surface area contributed by atoms with Gasteiger partial charge in [-0.1, -0.05) is 11.6 Å². The van der Waals surface area contributed by atoms with Crippen LogP contribution in [0.1, 0.15) is 24.1 Å². The van der Waals surface area contributed by atoms with Crippen molar-refractivity contribution in [2.24, 2.45) is 16.3 Å². The largest absolute Gasteiger partial charge is 0.311 e. The van der Waals surface area contributed by atoms with Gasteiger partial charge in [0.15, 0.2) is 0 Å². The van der Waals surface area contributed by atoms with Gasteiger partial charge in [-0.05, 0) is 43.4 Å². The van der Waals surface area contributed by atoms with E-state index in [1.54, 1.807) is 36.3 Å². The van der Waals surface area contributed by atoms with Crippen LogP contribution in [0.2, 0.25) is 4.34 Å². The number of hydrogen-bond acceptors (Lipinski definition) is 5. The van der Waals surface area contributed by atoms with Crippen LogP contribution in [0.4, 0.5) is 11.5 Å². The Morgan fingerprint density at radius 3 is 2.96 bits per heavy atom. The molecule has 28 heavy (non-hydrogen) atoms. The van der Waals surface area contributed by atoms with Crippen molar-refractivity contribution in [2.45, 2.75) is 25.7 Å². The van der Waals surface area contributed by atoms with Crippen LogP contribution >= 0.6 is 22.9 Å². The summed E-state index contributed by atoms with van der Waals surface area (Å²) in [6.45, 7) is 0.645. The average Bonchev–Trinajstić information content (AvgIpc) is 3.37. The molecule has 2 amide bonds. The molecule has 1 saturated heterocycles. The molecule has 0 spiro atoms. The zero-order valence-corrected chi connectivity index (χ0v) is 17.1. The Bertz CT molecular complexity index is 940. The fraction of sp³-hybridized carbons (Fsp3) is 0.400. The molecule has 0 aromatic carbocycles. The van der Waals surface area contributed by atoms with E-state index in [2.05, 4.69) is 15.3 Å². The fourth-order valence-electron chi connectivity index (χ4n) is 3.88. The van der Waals surface area contributed by atoms with Crippen molar-refractivity contribution >= 4 is 52.5 Å². The summed E-state index contributed by atoms with van der Waals surface area (Å²) < 4.78 is 0.658. The van der Waals surface area contributed by atoms with Gasteiger partial charge < -0.3 is 10.2 Å². The van der Waals surface area contributed by atoms with E-state index in [-0.39, 0.29) is 18.2 Å². The number of pyridine rings is 1. The minimum Gasteiger partial charge on any atom is -0.311 e. The molecule has 0 unspecified atom stereocenters. The molecular weight excluding hydrogens is 396 g/mol. The number of aromatic nitrogens is 1. The number of carbonyl (C=O) groups is 2. The Labute approximate surface area is 172 Å². The molecule has 0 radical (unpaired) electrons. The quantitative estimate of drug-likeness (QED) is 0.727. The van der Waals surface area contributed by atoms with Crippen molar-refractivity contribution in [3.8, 4) is 0 Å². The summed E-state index contributed by atoms with van der Waals surface area (Å²) in [5, 5.41) is 2.81. The summed E-state index contributed by atoms with van der Waals surface area (Å²) in [7, 11) is 1.72. The molecule has 1 aliphatic heterocycles. The number of anilines is 2. The molecule has 0 bridgehead atoms. The van der Waals surface area contributed by atoms with E-state index in [1.165, 1.54) is 11.3 Å². The van der Waals surface area contributed by atoms with Crippen LogP contribution in [0.5, 0.6) is 0 Å². The molecule has 2 aromatic heterocycles. The van der Waals surface area contributed by atoms with Gasteiger partial charge in [0.05, 0.1) is 16.2 Å². The van der Waals surface area contributed by atoms with E-state index >= 15 is 0 Å². The molecular formula is C20H21ClN4O2S. The highest BCUT2D eigenvalue weighted by molar-refractivity contribution is 7.16. The second-order valence-electron chi connectivity index (χ2n) is 7.24. The number of thiophene rings is 1. The highest BCUT2D eigenvalue weighted by atomic mass is 35.5.